The van der Waals surface area contributed by atoms with Crippen LogP contribution in [-0.2, 0) is 12.0 Å². The maximum atomic E-state index is 13.9. The highest BCUT2D eigenvalue weighted by atomic mass is 32.1. The number of halogens is 2. The molecule has 0 fully saturated rings. The van der Waals surface area contributed by atoms with Crippen LogP contribution in [-0.4, -0.2) is 18.0 Å². The molecule has 0 bridgehead atoms. The highest BCUT2D eigenvalue weighted by Gasteiger charge is 2.18. The van der Waals surface area contributed by atoms with Crippen molar-refractivity contribution in [2.75, 3.05) is 7.05 Å². The zero-order valence-electron chi connectivity index (χ0n) is 15.2. The quantitative estimate of drug-likeness (QED) is 0.631. The van der Waals surface area contributed by atoms with E-state index in [9.17, 15) is 8.78 Å². The van der Waals surface area contributed by atoms with Crippen molar-refractivity contribution in [3.05, 3.63) is 51.5 Å². The molecular formula is C18H24F2N4S. The molecule has 4 nitrogen and oxygen atoms in total. The number of hydrogen-bond donors (Lipinski definition) is 2. The Balaban J connectivity index is 1.97. The Morgan fingerprint density at radius 3 is 2.60 bits per heavy atom. The summed E-state index contributed by atoms with van der Waals surface area (Å²) in [5.41, 5.74) is 1.45. The van der Waals surface area contributed by atoms with Crippen LogP contribution in [0.25, 0.3) is 0 Å². The van der Waals surface area contributed by atoms with Crippen molar-refractivity contribution >= 4 is 17.3 Å². The molecular weight excluding hydrogens is 342 g/mol. The molecule has 0 spiro atoms. The molecule has 25 heavy (non-hydrogen) atoms. The molecule has 0 saturated carbocycles. The molecule has 1 atom stereocenters. The molecule has 2 rings (SSSR count). The van der Waals surface area contributed by atoms with Crippen LogP contribution in [0.2, 0.25) is 0 Å². The van der Waals surface area contributed by atoms with Crippen molar-refractivity contribution in [1.82, 2.24) is 15.6 Å². The molecule has 1 heterocycles. The Morgan fingerprint density at radius 1 is 1.32 bits per heavy atom. The van der Waals surface area contributed by atoms with Gasteiger partial charge in [0, 0.05) is 29.5 Å². The molecule has 0 aliphatic heterocycles. The summed E-state index contributed by atoms with van der Waals surface area (Å²) < 4.78 is 26.9. The second-order valence-corrected chi connectivity index (χ2v) is 7.78. The third kappa shape index (κ3) is 5.22. The van der Waals surface area contributed by atoms with E-state index < -0.39 is 11.6 Å². The van der Waals surface area contributed by atoms with Gasteiger partial charge < -0.3 is 10.6 Å². The van der Waals surface area contributed by atoms with Gasteiger partial charge in [-0.05, 0) is 13.0 Å². The number of aliphatic imine (C=N–C) groups is 1. The number of hydrogen-bond acceptors (Lipinski definition) is 3. The van der Waals surface area contributed by atoms with Crippen molar-refractivity contribution in [2.24, 2.45) is 4.99 Å². The number of rotatable bonds is 4. The van der Waals surface area contributed by atoms with Gasteiger partial charge in [-0.15, -0.1) is 11.3 Å². The normalized spacial score (nSPS) is 13.6. The molecule has 0 saturated heterocycles. The van der Waals surface area contributed by atoms with E-state index in [1.807, 2.05) is 0 Å². The Kier molecular flexibility index (Phi) is 6.11. The highest BCUT2D eigenvalue weighted by molar-refractivity contribution is 7.09. The first kappa shape index (κ1) is 19.3. The minimum atomic E-state index is -0.589. The number of benzene rings is 1. The minimum Gasteiger partial charge on any atom is -0.350 e. The minimum absolute atomic E-state index is 0.0172. The van der Waals surface area contributed by atoms with Gasteiger partial charge in [-0.25, -0.2) is 13.8 Å². The lowest BCUT2D eigenvalue weighted by Gasteiger charge is -2.18. The third-order valence-electron chi connectivity index (χ3n) is 3.73. The monoisotopic (exact) mass is 366 g/mol. The highest BCUT2D eigenvalue weighted by Crippen LogP contribution is 2.23. The standard InChI is InChI=1S/C18H24F2N4S/c1-11(13-7-6-12(19)8-14(13)20)23-17(21-5)22-9-16-24-15(10-25-16)18(2,3)4/h6-8,10-11H,9H2,1-5H3,(H2,21,22,23). The average Bonchev–Trinajstić information content (AvgIpc) is 3.00. The van der Waals surface area contributed by atoms with Gasteiger partial charge in [-0.3, -0.25) is 4.99 Å². The maximum Gasteiger partial charge on any atom is 0.191 e. The summed E-state index contributed by atoms with van der Waals surface area (Å²) in [6.07, 6.45) is 0. The van der Waals surface area contributed by atoms with E-state index in [0.717, 1.165) is 16.8 Å². The molecule has 0 aliphatic rings. The van der Waals surface area contributed by atoms with Crippen LogP contribution in [0.4, 0.5) is 8.78 Å². The van der Waals surface area contributed by atoms with Crippen molar-refractivity contribution < 1.29 is 8.78 Å². The maximum absolute atomic E-state index is 13.9. The van der Waals surface area contributed by atoms with Crippen LogP contribution in [0.1, 0.15) is 50.0 Å². The summed E-state index contributed by atoms with van der Waals surface area (Å²) in [6, 6.07) is 3.21. The van der Waals surface area contributed by atoms with Crippen molar-refractivity contribution in [2.45, 2.75) is 45.7 Å². The Hall–Kier alpha value is -2.02. The molecule has 1 unspecified atom stereocenters. The van der Waals surface area contributed by atoms with Gasteiger partial charge in [-0.1, -0.05) is 26.8 Å². The van der Waals surface area contributed by atoms with E-state index in [4.69, 9.17) is 0 Å². The van der Waals surface area contributed by atoms with Gasteiger partial charge in [0.15, 0.2) is 5.96 Å². The smallest absolute Gasteiger partial charge is 0.191 e. The van der Waals surface area contributed by atoms with E-state index in [1.165, 1.54) is 12.1 Å². The Bertz CT molecular complexity index is 750. The number of aromatic nitrogens is 1. The zero-order valence-corrected chi connectivity index (χ0v) is 16.0. The predicted molar refractivity (Wildman–Crippen MR) is 98.9 cm³/mol. The molecule has 7 heteroatoms. The van der Waals surface area contributed by atoms with Crippen LogP contribution in [0.15, 0.2) is 28.6 Å². The molecule has 0 radical (unpaired) electrons. The number of nitrogens with one attached hydrogen (secondary N) is 2. The van der Waals surface area contributed by atoms with E-state index in [-0.39, 0.29) is 11.5 Å². The van der Waals surface area contributed by atoms with Gasteiger partial charge in [0.1, 0.15) is 16.6 Å². The molecule has 2 N–H and O–H groups in total. The molecule has 2 aromatic rings. The van der Waals surface area contributed by atoms with Crippen LogP contribution >= 0.6 is 11.3 Å². The topological polar surface area (TPSA) is 49.3 Å². The van der Waals surface area contributed by atoms with E-state index >= 15 is 0 Å². The molecule has 1 aromatic heterocycles. The fourth-order valence-electron chi connectivity index (χ4n) is 2.23. The second-order valence-electron chi connectivity index (χ2n) is 6.83. The number of thiazole rings is 1. The second kappa shape index (κ2) is 7.91. The lowest BCUT2D eigenvalue weighted by atomic mass is 9.93. The van der Waals surface area contributed by atoms with Crippen LogP contribution in [0.5, 0.6) is 0 Å². The van der Waals surface area contributed by atoms with Gasteiger partial charge in [0.2, 0.25) is 0 Å². The van der Waals surface area contributed by atoms with Crippen molar-refractivity contribution in [1.29, 1.82) is 0 Å². The lowest BCUT2D eigenvalue weighted by molar-refractivity contribution is 0.550. The summed E-state index contributed by atoms with van der Waals surface area (Å²) in [7, 11) is 1.64. The number of guanidine groups is 1. The molecule has 0 amide bonds. The van der Waals surface area contributed by atoms with Crippen molar-refractivity contribution in [3.63, 3.8) is 0 Å². The fraction of sp³-hybridized carbons (Fsp3) is 0.444. The Morgan fingerprint density at radius 2 is 2.04 bits per heavy atom. The van der Waals surface area contributed by atoms with E-state index in [0.29, 0.717) is 18.1 Å². The van der Waals surface area contributed by atoms with E-state index in [2.05, 4.69) is 46.8 Å². The van der Waals surface area contributed by atoms with Crippen molar-refractivity contribution in [3.8, 4) is 0 Å². The lowest BCUT2D eigenvalue weighted by Crippen LogP contribution is -2.38. The molecule has 1 aromatic carbocycles. The first-order valence-corrected chi connectivity index (χ1v) is 8.95. The summed E-state index contributed by atoms with van der Waals surface area (Å²) in [5.74, 6) is -0.636. The average molecular weight is 366 g/mol. The molecule has 136 valence electrons. The summed E-state index contributed by atoms with van der Waals surface area (Å²) in [4.78, 5) is 8.77. The summed E-state index contributed by atoms with van der Waals surface area (Å²) >= 11 is 1.59. The SMILES string of the molecule is CN=C(NCc1nc(C(C)(C)C)cs1)NC(C)c1ccc(F)cc1F. The largest absolute Gasteiger partial charge is 0.350 e. The van der Waals surface area contributed by atoms with Crippen LogP contribution in [0.3, 0.4) is 0 Å². The molecule has 0 aliphatic carbocycles. The van der Waals surface area contributed by atoms with Gasteiger partial charge in [0.25, 0.3) is 0 Å². The van der Waals surface area contributed by atoms with Gasteiger partial charge in [0.05, 0.1) is 18.3 Å². The number of nitrogens with zero attached hydrogens (tertiary/aromatic N) is 2. The third-order valence-corrected chi connectivity index (χ3v) is 4.58. The first-order chi connectivity index (χ1) is 11.7. The van der Waals surface area contributed by atoms with Crippen LogP contribution in [0, 0.1) is 11.6 Å². The summed E-state index contributed by atoms with van der Waals surface area (Å²) in [6.45, 7) is 8.69. The van der Waals surface area contributed by atoms with Gasteiger partial charge in [-0.2, -0.15) is 0 Å². The van der Waals surface area contributed by atoms with E-state index in [1.54, 1.807) is 25.3 Å². The predicted octanol–water partition coefficient (Wildman–Crippen LogP) is 4.15. The fourth-order valence-corrected chi connectivity index (χ4v) is 3.19. The first-order valence-electron chi connectivity index (χ1n) is 8.07. The Labute approximate surface area is 151 Å². The zero-order chi connectivity index (χ0) is 18.6. The summed E-state index contributed by atoms with van der Waals surface area (Å²) in [5, 5.41) is 9.29. The van der Waals surface area contributed by atoms with Crippen LogP contribution < -0.4 is 10.6 Å². The van der Waals surface area contributed by atoms with Gasteiger partial charge >= 0.3 is 0 Å².